The molecule has 3 rings (SSSR count). The second-order valence-electron chi connectivity index (χ2n) is 6.73. The van der Waals surface area contributed by atoms with Crippen molar-refractivity contribution in [3.63, 3.8) is 0 Å². The zero-order valence-corrected chi connectivity index (χ0v) is 16.9. The molecule has 2 aromatic carbocycles. The molecule has 0 aliphatic rings. The number of benzene rings is 2. The lowest BCUT2D eigenvalue weighted by atomic mass is 10.1. The van der Waals surface area contributed by atoms with Crippen molar-refractivity contribution in [2.45, 2.75) is 19.4 Å². The van der Waals surface area contributed by atoms with Crippen LogP contribution in [0.3, 0.4) is 0 Å². The number of para-hydroxylation sites is 1. The molecule has 0 saturated heterocycles. The van der Waals surface area contributed by atoms with Crippen molar-refractivity contribution in [1.82, 2.24) is 4.98 Å². The predicted octanol–water partition coefficient (Wildman–Crippen LogP) is 4.76. The van der Waals surface area contributed by atoms with Gasteiger partial charge in [-0.05, 0) is 50.2 Å². The molecular formula is C21H21N3O4S. The standard InChI is InChI=1S/C21H21N3O4S/c1-4-13-24(14-9-11-15(12-10-14)28-21(2,3)18(25)26)20(27)23-19-22-16-7-5-6-8-17(16)29-19/h4-12H,1,13H2,2-3H3,(H,25,26)(H,22,23,27). The molecule has 0 atom stereocenters. The quantitative estimate of drug-likeness (QED) is 0.547. The van der Waals surface area contributed by atoms with E-state index in [0.717, 1.165) is 10.2 Å². The summed E-state index contributed by atoms with van der Waals surface area (Å²) < 4.78 is 6.49. The number of carboxylic acid groups (broad SMARTS) is 1. The van der Waals surface area contributed by atoms with Gasteiger partial charge in [0.1, 0.15) is 5.75 Å². The molecule has 0 fully saturated rings. The summed E-state index contributed by atoms with van der Waals surface area (Å²) in [4.78, 5) is 29.9. The number of hydrogen-bond donors (Lipinski definition) is 2. The van der Waals surface area contributed by atoms with Gasteiger partial charge in [-0.15, -0.1) is 6.58 Å². The predicted molar refractivity (Wildman–Crippen MR) is 115 cm³/mol. The Morgan fingerprint density at radius 1 is 1.24 bits per heavy atom. The van der Waals surface area contributed by atoms with Crippen molar-refractivity contribution >= 4 is 44.4 Å². The first kappa shape index (κ1) is 20.3. The molecule has 0 bridgehead atoms. The molecule has 0 aliphatic heterocycles. The lowest BCUT2D eigenvalue weighted by Gasteiger charge is -2.23. The van der Waals surface area contributed by atoms with Crippen LogP contribution in [0.15, 0.2) is 61.2 Å². The minimum absolute atomic E-state index is 0.289. The number of carbonyl (C=O) groups excluding carboxylic acids is 1. The fourth-order valence-electron chi connectivity index (χ4n) is 2.55. The summed E-state index contributed by atoms with van der Waals surface area (Å²) in [6, 6.07) is 13.9. The fraction of sp³-hybridized carbons (Fsp3) is 0.190. The largest absolute Gasteiger partial charge is 0.478 e. The second kappa shape index (κ2) is 8.32. The summed E-state index contributed by atoms with van der Waals surface area (Å²) in [6.45, 7) is 6.94. The van der Waals surface area contributed by atoms with E-state index in [1.54, 1.807) is 30.3 Å². The third-order valence-electron chi connectivity index (χ3n) is 4.10. The van der Waals surface area contributed by atoms with Crippen LogP contribution in [0.25, 0.3) is 10.2 Å². The smallest absolute Gasteiger partial charge is 0.347 e. The van der Waals surface area contributed by atoms with Gasteiger partial charge in [-0.3, -0.25) is 10.2 Å². The minimum atomic E-state index is -1.35. The highest BCUT2D eigenvalue weighted by molar-refractivity contribution is 7.22. The molecular weight excluding hydrogens is 390 g/mol. The van der Waals surface area contributed by atoms with E-state index in [9.17, 15) is 14.7 Å². The fourth-order valence-corrected chi connectivity index (χ4v) is 3.41. The van der Waals surface area contributed by atoms with Crippen LogP contribution in [0, 0.1) is 0 Å². The summed E-state index contributed by atoms with van der Waals surface area (Å²) in [7, 11) is 0. The van der Waals surface area contributed by atoms with Crippen LogP contribution in [0.5, 0.6) is 5.75 Å². The van der Waals surface area contributed by atoms with Crippen LogP contribution >= 0.6 is 11.3 Å². The van der Waals surface area contributed by atoms with E-state index in [1.165, 1.54) is 30.1 Å². The first-order valence-corrected chi connectivity index (χ1v) is 9.69. The third-order valence-corrected chi connectivity index (χ3v) is 5.05. The molecule has 8 heteroatoms. The Balaban J connectivity index is 1.76. The first-order chi connectivity index (χ1) is 13.8. The van der Waals surface area contributed by atoms with E-state index in [2.05, 4.69) is 16.9 Å². The Morgan fingerprint density at radius 3 is 2.55 bits per heavy atom. The number of anilines is 2. The van der Waals surface area contributed by atoms with Gasteiger partial charge in [-0.25, -0.2) is 14.6 Å². The van der Waals surface area contributed by atoms with Gasteiger partial charge in [-0.2, -0.15) is 0 Å². The number of thiazole rings is 1. The molecule has 0 saturated carbocycles. The molecule has 0 spiro atoms. The zero-order chi connectivity index (χ0) is 21.0. The highest BCUT2D eigenvalue weighted by atomic mass is 32.1. The Kier molecular flexibility index (Phi) is 5.84. The van der Waals surface area contributed by atoms with Crippen LogP contribution in [-0.4, -0.2) is 34.2 Å². The lowest BCUT2D eigenvalue weighted by Crippen LogP contribution is -2.38. The van der Waals surface area contributed by atoms with Crippen molar-refractivity contribution in [1.29, 1.82) is 0 Å². The number of aromatic nitrogens is 1. The van der Waals surface area contributed by atoms with Gasteiger partial charge in [0.15, 0.2) is 10.7 Å². The highest BCUT2D eigenvalue weighted by Crippen LogP contribution is 2.27. The Labute approximate surface area is 172 Å². The van der Waals surface area contributed by atoms with Crippen molar-refractivity contribution in [3.05, 3.63) is 61.2 Å². The molecule has 0 radical (unpaired) electrons. The maximum Gasteiger partial charge on any atom is 0.347 e. The van der Waals surface area contributed by atoms with Crippen molar-refractivity contribution in [2.75, 3.05) is 16.8 Å². The SMILES string of the molecule is C=CCN(C(=O)Nc1nc2ccccc2s1)c1ccc(OC(C)(C)C(=O)O)cc1. The number of aliphatic carboxylic acids is 1. The van der Waals surface area contributed by atoms with Gasteiger partial charge >= 0.3 is 12.0 Å². The molecule has 2 N–H and O–H groups in total. The molecule has 3 aromatic rings. The number of urea groups is 1. The van der Waals surface area contributed by atoms with E-state index in [0.29, 0.717) is 16.6 Å². The summed E-state index contributed by atoms with van der Waals surface area (Å²) in [6.07, 6.45) is 1.62. The van der Waals surface area contributed by atoms with Gasteiger partial charge in [-0.1, -0.05) is 29.5 Å². The number of nitrogens with one attached hydrogen (secondary N) is 1. The van der Waals surface area contributed by atoms with Gasteiger partial charge in [0, 0.05) is 12.2 Å². The normalized spacial score (nSPS) is 11.1. The highest BCUT2D eigenvalue weighted by Gasteiger charge is 2.29. The molecule has 1 aromatic heterocycles. The molecule has 150 valence electrons. The number of ether oxygens (including phenoxy) is 1. The van der Waals surface area contributed by atoms with E-state index >= 15 is 0 Å². The van der Waals surface area contributed by atoms with Crippen LogP contribution < -0.4 is 15.0 Å². The first-order valence-electron chi connectivity index (χ1n) is 8.87. The van der Waals surface area contributed by atoms with Crippen LogP contribution in [0.2, 0.25) is 0 Å². The van der Waals surface area contributed by atoms with Gasteiger partial charge in [0.2, 0.25) is 0 Å². The number of rotatable bonds is 7. The van der Waals surface area contributed by atoms with Gasteiger partial charge in [0.05, 0.1) is 10.2 Å². The molecule has 29 heavy (non-hydrogen) atoms. The summed E-state index contributed by atoms with van der Waals surface area (Å²) in [5.41, 5.74) is 0.0848. The van der Waals surface area contributed by atoms with Crippen molar-refractivity contribution in [2.24, 2.45) is 0 Å². The van der Waals surface area contributed by atoms with Crippen molar-refractivity contribution < 1.29 is 19.4 Å². The molecule has 1 heterocycles. The number of amides is 2. The summed E-state index contributed by atoms with van der Waals surface area (Å²) >= 11 is 1.40. The monoisotopic (exact) mass is 411 g/mol. The summed E-state index contributed by atoms with van der Waals surface area (Å²) in [5.74, 6) is -0.670. The topological polar surface area (TPSA) is 91.8 Å². The average molecular weight is 411 g/mol. The molecule has 2 amide bonds. The molecule has 0 aliphatic carbocycles. The average Bonchev–Trinajstić information content (AvgIpc) is 3.08. The van der Waals surface area contributed by atoms with Gasteiger partial charge < -0.3 is 9.84 Å². The van der Waals surface area contributed by atoms with Crippen LogP contribution in [0.4, 0.5) is 15.6 Å². The maximum absolute atomic E-state index is 12.8. The number of hydrogen-bond acceptors (Lipinski definition) is 5. The van der Waals surface area contributed by atoms with Crippen LogP contribution in [0.1, 0.15) is 13.8 Å². The molecule has 0 unspecified atom stereocenters. The Hall–Kier alpha value is -3.39. The Bertz CT molecular complexity index is 1010. The lowest BCUT2D eigenvalue weighted by molar-refractivity contribution is -0.152. The third kappa shape index (κ3) is 4.72. The molecule has 7 nitrogen and oxygen atoms in total. The number of nitrogens with zero attached hydrogens (tertiary/aromatic N) is 2. The van der Waals surface area contributed by atoms with Gasteiger partial charge in [0.25, 0.3) is 0 Å². The zero-order valence-electron chi connectivity index (χ0n) is 16.1. The maximum atomic E-state index is 12.8. The number of fused-ring (bicyclic) bond motifs is 1. The second-order valence-corrected chi connectivity index (χ2v) is 7.76. The van der Waals surface area contributed by atoms with Crippen molar-refractivity contribution in [3.8, 4) is 5.75 Å². The summed E-state index contributed by atoms with van der Waals surface area (Å²) in [5, 5.41) is 12.5. The number of carbonyl (C=O) groups is 2. The van der Waals surface area contributed by atoms with E-state index in [1.807, 2.05) is 24.3 Å². The van der Waals surface area contributed by atoms with E-state index in [4.69, 9.17) is 4.74 Å². The van der Waals surface area contributed by atoms with Crippen LogP contribution in [-0.2, 0) is 4.79 Å². The Morgan fingerprint density at radius 2 is 1.93 bits per heavy atom. The minimum Gasteiger partial charge on any atom is -0.478 e. The van der Waals surface area contributed by atoms with E-state index in [-0.39, 0.29) is 12.6 Å². The number of carboxylic acids is 1. The van der Waals surface area contributed by atoms with E-state index < -0.39 is 11.6 Å².